The van der Waals surface area contributed by atoms with Gasteiger partial charge in [0.05, 0.1) is 33.9 Å². The highest BCUT2D eigenvalue weighted by Crippen LogP contribution is 2.22. The zero-order valence-corrected chi connectivity index (χ0v) is 16.4. The zero-order valence-electron chi connectivity index (χ0n) is 14.8. The Morgan fingerprint density at radius 2 is 1.79 bits per heavy atom. The third-order valence-corrected chi connectivity index (χ3v) is 6.64. The molecule has 28 heavy (non-hydrogen) atoms. The number of nitrogens with one attached hydrogen (secondary N) is 1. The van der Waals surface area contributed by atoms with Crippen LogP contribution >= 0.6 is 11.3 Å². The van der Waals surface area contributed by atoms with E-state index in [-0.39, 0.29) is 16.3 Å². The minimum Gasteiger partial charge on any atom is -0.294 e. The molecular weight excluding hydrogens is 394 g/mol. The van der Waals surface area contributed by atoms with Crippen LogP contribution in [0.5, 0.6) is 0 Å². The zero-order chi connectivity index (χ0) is 19.6. The Bertz CT molecular complexity index is 1260. The van der Waals surface area contributed by atoms with Crippen LogP contribution in [0.15, 0.2) is 82.6 Å². The first-order chi connectivity index (χ1) is 13.5. The van der Waals surface area contributed by atoms with Crippen molar-refractivity contribution in [1.82, 2.24) is 14.3 Å². The summed E-state index contributed by atoms with van der Waals surface area (Å²) in [6.07, 6.45) is 1.61. The molecule has 0 spiro atoms. The standard InChI is InChI=1S/C20H17N3O3S2/c24-20-23(14-15-6-2-1-3-7-15)18-10-9-17(12-19(18)27-20)28(25,26)22-13-16-8-4-5-11-21-16/h1-12,22H,13-14H2. The molecule has 0 amide bonds. The molecule has 2 aromatic heterocycles. The van der Waals surface area contributed by atoms with Crippen LogP contribution in [-0.2, 0) is 23.1 Å². The summed E-state index contributed by atoms with van der Waals surface area (Å²) < 4.78 is 30.1. The Morgan fingerprint density at radius 3 is 2.54 bits per heavy atom. The lowest BCUT2D eigenvalue weighted by molar-refractivity contribution is 0.580. The molecule has 0 aliphatic carbocycles. The molecule has 0 radical (unpaired) electrons. The summed E-state index contributed by atoms with van der Waals surface area (Å²) in [5.41, 5.74) is 2.37. The van der Waals surface area contributed by atoms with Crippen LogP contribution in [0.2, 0.25) is 0 Å². The summed E-state index contributed by atoms with van der Waals surface area (Å²) in [6.45, 7) is 0.552. The molecule has 2 aromatic carbocycles. The maximum Gasteiger partial charge on any atom is 0.308 e. The van der Waals surface area contributed by atoms with E-state index in [1.54, 1.807) is 41.1 Å². The minimum absolute atomic E-state index is 0.104. The summed E-state index contributed by atoms with van der Waals surface area (Å²) in [4.78, 5) is 16.5. The highest BCUT2D eigenvalue weighted by atomic mass is 32.2. The Labute approximate surface area is 166 Å². The maximum atomic E-state index is 12.6. The first-order valence-electron chi connectivity index (χ1n) is 8.60. The predicted molar refractivity (Wildman–Crippen MR) is 110 cm³/mol. The second-order valence-electron chi connectivity index (χ2n) is 6.21. The van der Waals surface area contributed by atoms with Crippen LogP contribution in [0.4, 0.5) is 0 Å². The van der Waals surface area contributed by atoms with E-state index in [0.29, 0.717) is 16.9 Å². The molecule has 0 aliphatic heterocycles. The van der Waals surface area contributed by atoms with Crippen LogP contribution in [0.25, 0.3) is 10.2 Å². The fourth-order valence-electron chi connectivity index (χ4n) is 2.88. The number of aromatic nitrogens is 2. The van der Waals surface area contributed by atoms with Crippen molar-refractivity contribution >= 4 is 31.6 Å². The van der Waals surface area contributed by atoms with E-state index in [0.717, 1.165) is 22.4 Å². The number of thiazole rings is 1. The lowest BCUT2D eigenvalue weighted by Crippen LogP contribution is -2.23. The molecule has 0 atom stereocenters. The summed E-state index contributed by atoms with van der Waals surface area (Å²) in [5.74, 6) is 0. The molecule has 0 bridgehead atoms. The lowest BCUT2D eigenvalue weighted by Gasteiger charge is -2.07. The van der Waals surface area contributed by atoms with Crippen LogP contribution in [0.3, 0.4) is 0 Å². The average molecular weight is 412 g/mol. The maximum absolute atomic E-state index is 12.6. The van der Waals surface area contributed by atoms with E-state index in [2.05, 4.69) is 9.71 Å². The van der Waals surface area contributed by atoms with Crippen molar-refractivity contribution in [2.24, 2.45) is 0 Å². The third-order valence-electron chi connectivity index (χ3n) is 4.30. The number of fused-ring (bicyclic) bond motifs is 1. The third kappa shape index (κ3) is 3.89. The van der Waals surface area contributed by atoms with Gasteiger partial charge in [-0.15, -0.1) is 0 Å². The van der Waals surface area contributed by atoms with Crippen molar-refractivity contribution in [3.05, 3.63) is 93.9 Å². The number of nitrogens with zero attached hydrogens (tertiary/aromatic N) is 2. The van der Waals surface area contributed by atoms with Gasteiger partial charge in [-0.3, -0.25) is 14.3 Å². The van der Waals surface area contributed by atoms with Crippen molar-refractivity contribution in [1.29, 1.82) is 0 Å². The van der Waals surface area contributed by atoms with Crippen molar-refractivity contribution in [3.8, 4) is 0 Å². The second kappa shape index (κ2) is 7.67. The molecule has 0 fully saturated rings. The van der Waals surface area contributed by atoms with Crippen molar-refractivity contribution in [3.63, 3.8) is 0 Å². The monoisotopic (exact) mass is 411 g/mol. The SMILES string of the molecule is O=c1sc2cc(S(=O)(=O)NCc3ccccn3)ccc2n1Cc1ccccc1. The van der Waals surface area contributed by atoms with Gasteiger partial charge >= 0.3 is 4.87 Å². The topological polar surface area (TPSA) is 81.1 Å². The van der Waals surface area contributed by atoms with Gasteiger partial charge < -0.3 is 0 Å². The molecule has 0 aliphatic rings. The Balaban J connectivity index is 1.62. The number of hydrogen-bond donors (Lipinski definition) is 1. The van der Waals surface area contributed by atoms with E-state index in [9.17, 15) is 13.2 Å². The van der Waals surface area contributed by atoms with Gasteiger partial charge in [-0.05, 0) is 35.9 Å². The van der Waals surface area contributed by atoms with Crippen molar-refractivity contribution in [2.75, 3.05) is 0 Å². The largest absolute Gasteiger partial charge is 0.308 e. The predicted octanol–water partition coefficient (Wildman–Crippen LogP) is 2.98. The van der Waals surface area contributed by atoms with E-state index >= 15 is 0 Å². The Morgan fingerprint density at radius 1 is 1.00 bits per heavy atom. The summed E-state index contributed by atoms with van der Waals surface area (Å²) in [6, 6.07) is 19.8. The fraction of sp³-hybridized carbons (Fsp3) is 0.100. The summed E-state index contributed by atoms with van der Waals surface area (Å²) in [7, 11) is -3.71. The number of hydrogen-bond acceptors (Lipinski definition) is 5. The number of benzene rings is 2. The van der Waals surface area contributed by atoms with Gasteiger partial charge in [0, 0.05) is 6.20 Å². The van der Waals surface area contributed by atoms with Crippen LogP contribution in [-0.4, -0.2) is 18.0 Å². The van der Waals surface area contributed by atoms with E-state index in [1.807, 2.05) is 30.3 Å². The quantitative estimate of drug-likeness (QED) is 0.529. The molecule has 4 aromatic rings. The van der Waals surface area contributed by atoms with Gasteiger partial charge in [0.25, 0.3) is 0 Å². The molecule has 0 saturated heterocycles. The fourth-order valence-corrected chi connectivity index (χ4v) is 4.91. The summed E-state index contributed by atoms with van der Waals surface area (Å²) >= 11 is 1.05. The first-order valence-corrected chi connectivity index (χ1v) is 10.9. The highest BCUT2D eigenvalue weighted by molar-refractivity contribution is 7.89. The molecule has 2 heterocycles. The molecule has 0 unspecified atom stereocenters. The molecule has 8 heteroatoms. The molecule has 142 valence electrons. The average Bonchev–Trinajstić information content (AvgIpc) is 3.02. The lowest BCUT2D eigenvalue weighted by atomic mass is 10.2. The first kappa shape index (κ1) is 18.5. The minimum atomic E-state index is -3.71. The smallest absolute Gasteiger partial charge is 0.294 e. The van der Waals surface area contributed by atoms with Gasteiger partial charge in [0.1, 0.15) is 0 Å². The second-order valence-corrected chi connectivity index (χ2v) is 8.98. The Kier molecular flexibility index (Phi) is 5.08. The molecule has 6 nitrogen and oxygen atoms in total. The number of sulfonamides is 1. The van der Waals surface area contributed by atoms with Crippen LogP contribution in [0.1, 0.15) is 11.3 Å². The van der Waals surface area contributed by atoms with Gasteiger partial charge in [0.15, 0.2) is 0 Å². The van der Waals surface area contributed by atoms with Gasteiger partial charge in [-0.25, -0.2) is 13.1 Å². The van der Waals surface area contributed by atoms with E-state index < -0.39 is 10.0 Å². The Hall–Kier alpha value is -2.81. The van der Waals surface area contributed by atoms with Crippen molar-refractivity contribution < 1.29 is 8.42 Å². The number of rotatable bonds is 6. The van der Waals surface area contributed by atoms with Gasteiger partial charge in [0.2, 0.25) is 10.0 Å². The summed E-state index contributed by atoms with van der Waals surface area (Å²) in [5, 5.41) is 0. The van der Waals surface area contributed by atoms with Gasteiger partial charge in [-0.2, -0.15) is 0 Å². The van der Waals surface area contributed by atoms with Crippen molar-refractivity contribution in [2.45, 2.75) is 18.0 Å². The van der Waals surface area contributed by atoms with E-state index in [1.165, 1.54) is 6.07 Å². The van der Waals surface area contributed by atoms with Crippen LogP contribution < -0.4 is 9.60 Å². The molecule has 4 rings (SSSR count). The van der Waals surface area contributed by atoms with Gasteiger partial charge in [-0.1, -0.05) is 47.7 Å². The molecule has 1 N–H and O–H groups in total. The number of pyridine rings is 1. The normalized spacial score (nSPS) is 11.7. The molecular formula is C20H17N3O3S2. The van der Waals surface area contributed by atoms with Crippen LogP contribution in [0, 0.1) is 0 Å². The highest BCUT2D eigenvalue weighted by Gasteiger charge is 2.17. The molecule has 0 saturated carbocycles. The van der Waals surface area contributed by atoms with E-state index in [4.69, 9.17) is 0 Å².